The van der Waals surface area contributed by atoms with Crippen molar-refractivity contribution < 1.29 is 14.7 Å². The van der Waals surface area contributed by atoms with Crippen LogP contribution in [-0.4, -0.2) is 35.1 Å². The van der Waals surface area contributed by atoms with E-state index < -0.39 is 5.97 Å². The lowest BCUT2D eigenvalue weighted by Gasteiger charge is -2.18. The second-order valence-electron chi connectivity index (χ2n) is 5.91. The minimum absolute atomic E-state index is 0.0650. The van der Waals surface area contributed by atoms with Crippen molar-refractivity contribution in [3.63, 3.8) is 0 Å². The predicted octanol–water partition coefficient (Wildman–Crippen LogP) is 3.14. The highest BCUT2D eigenvalue weighted by Gasteiger charge is 2.27. The average Bonchev–Trinajstić information content (AvgIpc) is 2.86. The normalized spacial score (nSPS) is 18.0. The zero-order chi connectivity index (χ0) is 15.4. The third-order valence-electron chi connectivity index (χ3n) is 3.84. The number of carbonyl (C=O) groups excluding carboxylic acids is 1. The summed E-state index contributed by atoms with van der Waals surface area (Å²) in [4.78, 5) is 24.6. The molecule has 2 rings (SSSR count). The summed E-state index contributed by atoms with van der Waals surface area (Å²) in [5.74, 6) is -0.323. The average molecular weight is 290 g/mol. The van der Waals surface area contributed by atoms with Gasteiger partial charge in [-0.2, -0.15) is 0 Å². The maximum atomic E-state index is 12.2. The zero-order valence-corrected chi connectivity index (χ0v) is 12.5. The molecule has 0 aromatic heterocycles. The number of anilines is 1. The van der Waals surface area contributed by atoms with Gasteiger partial charge in [-0.15, -0.1) is 0 Å². The second-order valence-corrected chi connectivity index (χ2v) is 5.91. The number of rotatable bonds is 4. The van der Waals surface area contributed by atoms with Crippen LogP contribution in [-0.2, 0) is 4.79 Å². The Balaban J connectivity index is 1.93. The number of carboxylic acids is 1. The van der Waals surface area contributed by atoms with Crippen LogP contribution in [0.15, 0.2) is 24.3 Å². The Kier molecular flexibility index (Phi) is 4.83. The quantitative estimate of drug-likeness (QED) is 0.895. The molecule has 21 heavy (non-hydrogen) atoms. The number of urea groups is 1. The fraction of sp³-hybridized carbons (Fsp3) is 0.500. The Hall–Kier alpha value is -2.04. The minimum Gasteiger partial charge on any atom is -0.481 e. The van der Waals surface area contributed by atoms with Crippen molar-refractivity contribution in [1.29, 1.82) is 0 Å². The molecule has 0 saturated carbocycles. The fourth-order valence-electron chi connectivity index (χ4n) is 2.61. The molecule has 0 aliphatic carbocycles. The molecule has 2 N–H and O–H groups in total. The number of carboxylic acid groups (broad SMARTS) is 1. The molecule has 1 aromatic rings. The summed E-state index contributed by atoms with van der Waals surface area (Å²) in [7, 11) is 0. The summed E-state index contributed by atoms with van der Waals surface area (Å²) in [6.45, 7) is 5.35. The highest BCUT2D eigenvalue weighted by Crippen LogP contribution is 2.22. The molecule has 1 saturated heterocycles. The van der Waals surface area contributed by atoms with E-state index >= 15 is 0 Å². The van der Waals surface area contributed by atoms with Crippen molar-refractivity contribution in [2.24, 2.45) is 5.92 Å². The van der Waals surface area contributed by atoms with Crippen molar-refractivity contribution in [1.82, 2.24) is 4.90 Å². The van der Waals surface area contributed by atoms with Gasteiger partial charge < -0.3 is 15.3 Å². The van der Waals surface area contributed by atoms with Crippen molar-refractivity contribution in [3.05, 3.63) is 29.8 Å². The molecular weight excluding hydrogens is 268 g/mol. The third-order valence-corrected chi connectivity index (χ3v) is 3.84. The van der Waals surface area contributed by atoms with Crippen molar-refractivity contribution in [2.75, 3.05) is 18.4 Å². The number of nitrogens with zero attached hydrogens (tertiary/aromatic N) is 1. The first-order valence-corrected chi connectivity index (χ1v) is 7.33. The number of carbonyl (C=O) groups is 2. The van der Waals surface area contributed by atoms with E-state index in [2.05, 4.69) is 19.2 Å². The molecule has 0 radical (unpaired) electrons. The van der Waals surface area contributed by atoms with Crippen molar-refractivity contribution in [2.45, 2.75) is 32.6 Å². The van der Waals surface area contributed by atoms with Gasteiger partial charge in [0.05, 0.1) is 0 Å². The van der Waals surface area contributed by atoms with Crippen LogP contribution >= 0.6 is 0 Å². The van der Waals surface area contributed by atoms with Crippen molar-refractivity contribution >= 4 is 17.7 Å². The van der Waals surface area contributed by atoms with Gasteiger partial charge in [0.1, 0.15) is 0 Å². The van der Waals surface area contributed by atoms with Gasteiger partial charge in [0.25, 0.3) is 0 Å². The SMILES string of the molecule is CC(C)c1cccc(NC(=O)N2CCC(CC(=O)O)C2)c1. The Morgan fingerprint density at radius 3 is 2.86 bits per heavy atom. The van der Waals surface area contributed by atoms with E-state index in [4.69, 9.17) is 5.11 Å². The zero-order valence-electron chi connectivity index (χ0n) is 12.5. The third kappa shape index (κ3) is 4.21. The molecule has 1 aliphatic heterocycles. The monoisotopic (exact) mass is 290 g/mol. The van der Waals surface area contributed by atoms with Crippen LogP contribution in [0.25, 0.3) is 0 Å². The molecule has 0 spiro atoms. The molecule has 1 aliphatic rings. The second kappa shape index (κ2) is 6.61. The van der Waals surface area contributed by atoms with Crippen LogP contribution in [0.5, 0.6) is 0 Å². The number of hydrogen-bond acceptors (Lipinski definition) is 2. The summed E-state index contributed by atoms with van der Waals surface area (Å²) >= 11 is 0. The Labute approximate surface area is 125 Å². The minimum atomic E-state index is -0.799. The lowest BCUT2D eigenvalue weighted by Crippen LogP contribution is -2.33. The first kappa shape index (κ1) is 15.4. The van der Waals surface area contributed by atoms with Crippen LogP contribution in [0.3, 0.4) is 0 Å². The van der Waals surface area contributed by atoms with Gasteiger partial charge in [0, 0.05) is 25.2 Å². The van der Waals surface area contributed by atoms with E-state index in [0.717, 1.165) is 12.1 Å². The summed E-state index contributed by atoms with van der Waals surface area (Å²) in [6, 6.07) is 7.67. The van der Waals surface area contributed by atoms with E-state index in [0.29, 0.717) is 19.0 Å². The van der Waals surface area contributed by atoms with Crippen LogP contribution in [0.2, 0.25) is 0 Å². The topological polar surface area (TPSA) is 69.6 Å². The van der Waals surface area contributed by atoms with Gasteiger partial charge in [0.15, 0.2) is 0 Å². The van der Waals surface area contributed by atoms with Crippen LogP contribution in [0, 0.1) is 5.92 Å². The number of hydrogen-bond donors (Lipinski definition) is 2. The van der Waals surface area contributed by atoms with E-state index in [9.17, 15) is 9.59 Å². The summed E-state index contributed by atoms with van der Waals surface area (Å²) in [5.41, 5.74) is 1.96. The summed E-state index contributed by atoms with van der Waals surface area (Å²) in [6.07, 6.45) is 0.887. The maximum Gasteiger partial charge on any atom is 0.321 e. The number of aliphatic carboxylic acids is 1. The molecule has 5 heteroatoms. The van der Waals surface area contributed by atoms with Gasteiger partial charge in [-0.1, -0.05) is 26.0 Å². The van der Waals surface area contributed by atoms with Crippen LogP contribution in [0.4, 0.5) is 10.5 Å². The molecule has 1 atom stereocenters. The smallest absolute Gasteiger partial charge is 0.321 e. The summed E-state index contributed by atoms with van der Waals surface area (Å²) < 4.78 is 0. The van der Waals surface area contributed by atoms with Gasteiger partial charge in [-0.05, 0) is 36.0 Å². The number of benzene rings is 1. The Morgan fingerprint density at radius 2 is 2.19 bits per heavy atom. The molecule has 1 fully saturated rings. The van der Waals surface area contributed by atoms with E-state index in [1.54, 1.807) is 4.90 Å². The lowest BCUT2D eigenvalue weighted by molar-refractivity contribution is -0.138. The van der Waals surface area contributed by atoms with Crippen molar-refractivity contribution in [3.8, 4) is 0 Å². The predicted molar refractivity (Wildman–Crippen MR) is 81.5 cm³/mol. The van der Waals surface area contributed by atoms with Crippen LogP contribution in [0.1, 0.15) is 38.2 Å². The Bertz CT molecular complexity index is 528. The fourth-order valence-corrected chi connectivity index (χ4v) is 2.61. The molecule has 5 nitrogen and oxygen atoms in total. The number of nitrogens with one attached hydrogen (secondary N) is 1. The molecule has 2 amide bonds. The molecule has 0 bridgehead atoms. The highest BCUT2D eigenvalue weighted by atomic mass is 16.4. The van der Waals surface area contributed by atoms with Gasteiger partial charge in [0.2, 0.25) is 0 Å². The highest BCUT2D eigenvalue weighted by molar-refractivity contribution is 5.89. The summed E-state index contributed by atoms with van der Waals surface area (Å²) in [5, 5.41) is 11.7. The Morgan fingerprint density at radius 1 is 1.43 bits per heavy atom. The maximum absolute atomic E-state index is 12.2. The molecule has 1 heterocycles. The lowest BCUT2D eigenvalue weighted by atomic mass is 10.0. The number of likely N-dealkylation sites (tertiary alicyclic amines) is 1. The van der Waals surface area contributed by atoms with Crippen LogP contribution < -0.4 is 5.32 Å². The number of amides is 2. The largest absolute Gasteiger partial charge is 0.481 e. The standard InChI is InChI=1S/C16H22N2O3/c1-11(2)13-4-3-5-14(9-13)17-16(21)18-7-6-12(10-18)8-15(19)20/h3-5,9,11-12H,6-8,10H2,1-2H3,(H,17,21)(H,19,20). The molecule has 114 valence electrons. The molecule has 1 aromatic carbocycles. The molecular formula is C16H22N2O3. The molecule has 1 unspecified atom stereocenters. The van der Waals surface area contributed by atoms with E-state index in [-0.39, 0.29) is 18.4 Å². The first-order valence-electron chi connectivity index (χ1n) is 7.33. The van der Waals surface area contributed by atoms with E-state index in [1.807, 2.05) is 24.3 Å². The van der Waals surface area contributed by atoms with Gasteiger partial charge in [-0.3, -0.25) is 4.79 Å². The first-order chi connectivity index (χ1) is 9.95. The van der Waals surface area contributed by atoms with E-state index in [1.165, 1.54) is 5.56 Å². The van der Waals surface area contributed by atoms with Gasteiger partial charge in [-0.25, -0.2) is 4.79 Å². The van der Waals surface area contributed by atoms with Gasteiger partial charge >= 0.3 is 12.0 Å².